The number of carbonyl (C=O) groups excluding carboxylic acids is 1. The predicted octanol–water partition coefficient (Wildman–Crippen LogP) is 1.82. The van der Waals surface area contributed by atoms with Gasteiger partial charge in [0.2, 0.25) is 0 Å². The van der Waals surface area contributed by atoms with Crippen LogP contribution in [0.25, 0.3) is 0 Å². The summed E-state index contributed by atoms with van der Waals surface area (Å²) in [7, 11) is 1.80. The van der Waals surface area contributed by atoms with Crippen molar-refractivity contribution in [3.8, 4) is 0 Å². The molecule has 2 rings (SSSR count). The molecule has 1 aromatic heterocycles. The molecule has 0 saturated carbocycles. The minimum Gasteiger partial charge on any atom is -0.466 e. The van der Waals surface area contributed by atoms with Gasteiger partial charge in [0.1, 0.15) is 5.82 Å². The molecule has 1 atom stereocenters. The van der Waals surface area contributed by atoms with Gasteiger partial charge in [-0.2, -0.15) is 0 Å². The monoisotopic (exact) mass is 349 g/mol. The van der Waals surface area contributed by atoms with Crippen molar-refractivity contribution in [2.24, 2.45) is 10.9 Å². The number of nitrogens with one attached hydrogen (secondary N) is 1. The van der Waals surface area contributed by atoms with Crippen molar-refractivity contribution in [3.05, 3.63) is 18.2 Å². The molecule has 140 valence electrons. The Morgan fingerprint density at radius 3 is 3.00 bits per heavy atom. The number of guanidine groups is 1. The average Bonchev–Trinajstić information content (AvgIpc) is 3.03. The van der Waals surface area contributed by atoms with Crippen molar-refractivity contribution >= 4 is 11.9 Å². The number of aryl methyl sites for hydroxylation is 2. The van der Waals surface area contributed by atoms with E-state index in [1.807, 2.05) is 26.2 Å². The molecule has 1 unspecified atom stereocenters. The second kappa shape index (κ2) is 10.1. The Bertz CT molecular complexity index is 570. The third kappa shape index (κ3) is 5.76. The lowest BCUT2D eigenvalue weighted by molar-refractivity contribution is -0.149. The second-order valence-corrected chi connectivity index (χ2v) is 6.39. The summed E-state index contributed by atoms with van der Waals surface area (Å²) >= 11 is 0. The highest BCUT2D eigenvalue weighted by molar-refractivity contribution is 5.81. The molecule has 25 heavy (non-hydrogen) atoms. The van der Waals surface area contributed by atoms with E-state index in [4.69, 9.17) is 4.74 Å². The van der Waals surface area contributed by atoms with Crippen molar-refractivity contribution in [3.63, 3.8) is 0 Å². The van der Waals surface area contributed by atoms with Crippen LogP contribution in [0.4, 0.5) is 0 Å². The van der Waals surface area contributed by atoms with Gasteiger partial charge in [-0.05, 0) is 39.5 Å². The van der Waals surface area contributed by atoms with E-state index in [1.54, 1.807) is 7.05 Å². The van der Waals surface area contributed by atoms with E-state index in [-0.39, 0.29) is 11.9 Å². The molecular weight excluding hydrogens is 318 g/mol. The van der Waals surface area contributed by atoms with Gasteiger partial charge in [0.05, 0.1) is 12.5 Å². The number of hydrogen-bond donors (Lipinski definition) is 1. The van der Waals surface area contributed by atoms with Gasteiger partial charge in [0.25, 0.3) is 0 Å². The first kappa shape index (κ1) is 19.3. The van der Waals surface area contributed by atoms with Crippen LogP contribution in [-0.4, -0.2) is 59.7 Å². The molecule has 1 aliphatic heterocycles. The molecule has 1 saturated heterocycles. The summed E-state index contributed by atoms with van der Waals surface area (Å²) in [5, 5.41) is 3.42. The molecule has 1 fully saturated rings. The largest absolute Gasteiger partial charge is 0.466 e. The highest BCUT2D eigenvalue weighted by atomic mass is 16.5. The summed E-state index contributed by atoms with van der Waals surface area (Å²) in [6.07, 6.45) is 7.90. The minimum atomic E-state index is -0.0849. The Balaban J connectivity index is 1.72. The molecule has 7 nitrogen and oxygen atoms in total. The molecule has 0 radical (unpaired) electrons. The van der Waals surface area contributed by atoms with E-state index in [9.17, 15) is 4.79 Å². The number of esters is 1. The lowest BCUT2D eigenvalue weighted by atomic mass is 9.98. The zero-order chi connectivity index (χ0) is 18.1. The predicted molar refractivity (Wildman–Crippen MR) is 98.5 cm³/mol. The molecular formula is C18H31N5O2. The highest BCUT2D eigenvalue weighted by Crippen LogP contribution is 2.18. The van der Waals surface area contributed by atoms with Crippen LogP contribution in [0.5, 0.6) is 0 Å². The Morgan fingerprint density at radius 1 is 1.48 bits per heavy atom. The van der Waals surface area contributed by atoms with Crippen LogP contribution in [0.15, 0.2) is 17.4 Å². The molecule has 0 amide bonds. The van der Waals surface area contributed by atoms with E-state index in [2.05, 4.69) is 24.8 Å². The maximum atomic E-state index is 12.0. The summed E-state index contributed by atoms with van der Waals surface area (Å²) in [5.74, 6) is 1.81. The minimum absolute atomic E-state index is 0.0449. The summed E-state index contributed by atoms with van der Waals surface area (Å²) in [4.78, 5) is 22.8. The second-order valence-electron chi connectivity index (χ2n) is 6.39. The number of ether oxygens (including phenoxy) is 1. The van der Waals surface area contributed by atoms with E-state index in [1.165, 1.54) is 0 Å². The lowest BCUT2D eigenvalue weighted by Gasteiger charge is -2.34. The lowest BCUT2D eigenvalue weighted by Crippen LogP contribution is -2.48. The fourth-order valence-electron chi connectivity index (χ4n) is 3.20. The van der Waals surface area contributed by atoms with Gasteiger partial charge in [-0.3, -0.25) is 9.79 Å². The summed E-state index contributed by atoms with van der Waals surface area (Å²) < 4.78 is 7.34. The Kier molecular flexibility index (Phi) is 7.76. The Labute approximate surface area is 150 Å². The Hall–Kier alpha value is -2.05. The first-order chi connectivity index (χ1) is 12.2. The van der Waals surface area contributed by atoms with Gasteiger partial charge < -0.3 is 19.5 Å². The number of unbranched alkanes of at least 4 members (excludes halogenated alkanes) is 1. The van der Waals surface area contributed by atoms with Crippen LogP contribution in [0.3, 0.4) is 0 Å². The fraction of sp³-hybridized carbons (Fsp3) is 0.722. The number of aromatic nitrogens is 2. The van der Waals surface area contributed by atoms with Gasteiger partial charge in [-0.15, -0.1) is 0 Å². The first-order valence-corrected chi connectivity index (χ1v) is 9.25. The third-order valence-corrected chi connectivity index (χ3v) is 4.59. The molecule has 0 aliphatic carbocycles. The maximum absolute atomic E-state index is 12.0. The van der Waals surface area contributed by atoms with Gasteiger partial charge >= 0.3 is 5.97 Å². The summed E-state index contributed by atoms with van der Waals surface area (Å²) in [5.41, 5.74) is 0. The van der Waals surface area contributed by atoms with E-state index < -0.39 is 0 Å². The fourth-order valence-corrected chi connectivity index (χ4v) is 3.20. The van der Waals surface area contributed by atoms with Crippen molar-refractivity contribution in [1.29, 1.82) is 0 Å². The van der Waals surface area contributed by atoms with Crippen LogP contribution >= 0.6 is 0 Å². The van der Waals surface area contributed by atoms with Crippen LogP contribution in [0.2, 0.25) is 0 Å². The number of likely N-dealkylation sites (tertiary alicyclic amines) is 1. The number of piperidine rings is 1. The molecule has 0 bridgehead atoms. The van der Waals surface area contributed by atoms with Gasteiger partial charge in [0, 0.05) is 45.6 Å². The van der Waals surface area contributed by atoms with Gasteiger partial charge in [0.15, 0.2) is 5.96 Å². The van der Waals surface area contributed by atoms with Crippen molar-refractivity contribution < 1.29 is 9.53 Å². The van der Waals surface area contributed by atoms with E-state index in [0.717, 1.165) is 57.1 Å². The Morgan fingerprint density at radius 2 is 2.32 bits per heavy atom. The summed E-state index contributed by atoms with van der Waals surface area (Å²) in [6, 6.07) is 0. The molecule has 1 aromatic rings. The summed E-state index contributed by atoms with van der Waals surface area (Å²) in [6.45, 7) is 7.80. The standard InChI is InChI=1S/C18H31N5O2/c1-4-25-17(24)16-8-7-12-23(14-16)18(19-3)21-9-5-6-11-22-13-10-20-15(22)2/h10,13,16H,4-9,11-12,14H2,1-3H3,(H,19,21). The zero-order valence-electron chi connectivity index (χ0n) is 15.7. The molecule has 0 aromatic carbocycles. The molecule has 1 N–H and O–H groups in total. The van der Waals surface area contributed by atoms with Crippen molar-refractivity contribution in [1.82, 2.24) is 19.8 Å². The maximum Gasteiger partial charge on any atom is 0.310 e. The van der Waals surface area contributed by atoms with Crippen LogP contribution < -0.4 is 5.32 Å². The normalized spacial score (nSPS) is 18.3. The molecule has 0 spiro atoms. The van der Waals surface area contributed by atoms with E-state index in [0.29, 0.717) is 13.2 Å². The van der Waals surface area contributed by atoms with Crippen molar-refractivity contribution in [2.75, 3.05) is 33.3 Å². The van der Waals surface area contributed by atoms with Crippen molar-refractivity contribution in [2.45, 2.75) is 46.1 Å². The number of imidazole rings is 1. The quantitative estimate of drug-likeness (QED) is 0.352. The van der Waals surface area contributed by atoms with Gasteiger partial charge in [-0.1, -0.05) is 0 Å². The number of rotatable bonds is 7. The molecule has 2 heterocycles. The number of carbonyl (C=O) groups is 1. The molecule has 7 heteroatoms. The highest BCUT2D eigenvalue weighted by Gasteiger charge is 2.28. The zero-order valence-corrected chi connectivity index (χ0v) is 15.7. The average molecular weight is 349 g/mol. The number of hydrogen-bond acceptors (Lipinski definition) is 4. The van der Waals surface area contributed by atoms with Crippen LogP contribution in [0.1, 0.15) is 38.4 Å². The molecule has 1 aliphatic rings. The number of aliphatic imine (C=N–C) groups is 1. The van der Waals surface area contributed by atoms with Gasteiger partial charge in [-0.25, -0.2) is 4.98 Å². The topological polar surface area (TPSA) is 71.8 Å². The first-order valence-electron chi connectivity index (χ1n) is 9.25. The van der Waals surface area contributed by atoms with Crippen LogP contribution in [-0.2, 0) is 16.1 Å². The number of nitrogens with zero attached hydrogens (tertiary/aromatic N) is 4. The smallest absolute Gasteiger partial charge is 0.310 e. The SMILES string of the molecule is CCOC(=O)C1CCCN(C(=NC)NCCCCn2ccnc2C)C1. The van der Waals surface area contributed by atoms with E-state index >= 15 is 0 Å². The third-order valence-electron chi connectivity index (χ3n) is 4.59. The van der Waals surface area contributed by atoms with Crippen LogP contribution in [0, 0.1) is 12.8 Å².